The van der Waals surface area contributed by atoms with E-state index in [0.717, 1.165) is 89.9 Å². The molecule has 0 rings (SSSR count). The van der Waals surface area contributed by atoms with E-state index in [2.05, 4.69) is 118 Å². The lowest BCUT2D eigenvalue weighted by molar-refractivity contribution is -0.167. The molecule has 73 heavy (non-hydrogen) atoms. The van der Waals surface area contributed by atoms with Gasteiger partial charge in [0.15, 0.2) is 6.10 Å². The highest BCUT2D eigenvalue weighted by Crippen LogP contribution is 2.16. The normalized spacial score (nSPS) is 12.8. The quantitative estimate of drug-likeness (QED) is 0.0261. The molecule has 0 radical (unpaired) electrons. The third-order valence-corrected chi connectivity index (χ3v) is 13.1. The van der Waals surface area contributed by atoms with Crippen LogP contribution in [0.4, 0.5) is 0 Å². The Hall–Kier alpha value is -3.67. The lowest BCUT2D eigenvalue weighted by atomic mass is 10.0. The molecule has 0 aromatic carbocycles. The zero-order valence-electron chi connectivity index (χ0n) is 47.9. The molecule has 0 aliphatic heterocycles. The molecule has 0 fully saturated rings. The first kappa shape index (κ1) is 69.3. The maximum atomic E-state index is 12.9. The van der Waals surface area contributed by atoms with Crippen LogP contribution < -0.4 is 0 Å². The van der Waals surface area contributed by atoms with Gasteiger partial charge in [-0.1, -0.05) is 266 Å². The molecular weight excluding hydrogens is 901 g/mol. The zero-order chi connectivity index (χ0) is 52.9. The van der Waals surface area contributed by atoms with Crippen LogP contribution in [0.25, 0.3) is 0 Å². The van der Waals surface area contributed by atoms with Crippen molar-refractivity contribution in [3.05, 3.63) is 97.2 Å². The highest BCUT2D eigenvalue weighted by Gasteiger charge is 2.19. The molecule has 0 bridgehead atoms. The van der Waals surface area contributed by atoms with Gasteiger partial charge < -0.3 is 14.2 Å². The SMILES string of the molecule is CCCCC/C=C\C/C=C\C/C=C\C/C=C\CCCCCC(=O)O[C@H](COC(=O)CCC/C=C\C/C=C\C/C=C\C/C=C\CCCCC)COC(=O)CCCCCCCCCCCCCCCCCCCCC. The summed E-state index contributed by atoms with van der Waals surface area (Å²) >= 11 is 0. The third-order valence-electron chi connectivity index (χ3n) is 13.1. The molecule has 0 aromatic rings. The summed E-state index contributed by atoms with van der Waals surface area (Å²) in [4.78, 5) is 38.2. The summed E-state index contributed by atoms with van der Waals surface area (Å²) in [6.07, 6.45) is 81.2. The first-order valence-corrected chi connectivity index (χ1v) is 30.7. The second kappa shape index (κ2) is 60.9. The summed E-state index contributed by atoms with van der Waals surface area (Å²) in [5.74, 6) is -0.987. The predicted octanol–water partition coefficient (Wildman–Crippen LogP) is 20.9. The molecule has 6 heteroatoms. The van der Waals surface area contributed by atoms with Crippen molar-refractivity contribution >= 4 is 17.9 Å². The van der Waals surface area contributed by atoms with Gasteiger partial charge in [-0.2, -0.15) is 0 Å². The first-order valence-electron chi connectivity index (χ1n) is 30.7. The summed E-state index contributed by atoms with van der Waals surface area (Å²) in [5, 5.41) is 0. The molecule has 0 aliphatic carbocycles. The molecule has 0 saturated heterocycles. The van der Waals surface area contributed by atoms with Crippen LogP contribution in [0, 0.1) is 0 Å². The summed E-state index contributed by atoms with van der Waals surface area (Å²) < 4.78 is 16.8. The molecule has 0 unspecified atom stereocenters. The fraction of sp³-hybridized carbons (Fsp3) is 0.716. The summed E-state index contributed by atoms with van der Waals surface area (Å²) in [7, 11) is 0. The van der Waals surface area contributed by atoms with Gasteiger partial charge in [0.1, 0.15) is 13.2 Å². The van der Waals surface area contributed by atoms with Crippen molar-refractivity contribution in [3.63, 3.8) is 0 Å². The minimum Gasteiger partial charge on any atom is -0.462 e. The largest absolute Gasteiger partial charge is 0.462 e. The van der Waals surface area contributed by atoms with Gasteiger partial charge in [-0.3, -0.25) is 14.4 Å². The molecule has 1 atom stereocenters. The van der Waals surface area contributed by atoms with Crippen molar-refractivity contribution in [1.29, 1.82) is 0 Å². The highest BCUT2D eigenvalue weighted by atomic mass is 16.6. The van der Waals surface area contributed by atoms with Gasteiger partial charge in [-0.25, -0.2) is 0 Å². The van der Waals surface area contributed by atoms with Crippen LogP contribution in [0.3, 0.4) is 0 Å². The standard InChI is InChI=1S/C67H114O6/c1-4-7-10-13-16-19-22-25-28-31-33-36-39-42-45-48-51-54-57-60-66(69)72-63-64(62-71-65(68)59-56-53-50-47-44-41-38-35-30-27-24-21-18-15-12-9-6-3)73-67(70)61-58-55-52-49-46-43-40-37-34-32-29-26-23-20-17-14-11-8-5-2/h17-18,20-21,26-27,29-30,34,37-38,41,43,46-47,50,64H,4-16,19,22-25,28,31-33,35-36,39-40,42,44-45,48-49,51-63H2,1-3H3/b20-17-,21-18-,29-26-,30-27-,37-34-,41-38-,46-43-,50-47-/t64-/m1/s1. The number of hydrogen-bond donors (Lipinski definition) is 0. The van der Waals surface area contributed by atoms with E-state index in [4.69, 9.17) is 14.2 Å². The Morgan fingerprint density at radius 3 is 0.849 bits per heavy atom. The number of hydrogen-bond acceptors (Lipinski definition) is 6. The van der Waals surface area contributed by atoms with E-state index in [9.17, 15) is 14.4 Å². The molecule has 418 valence electrons. The zero-order valence-corrected chi connectivity index (χ0v) is 47.9. The van der Waals surface area contributed by atoms with Crippen molar-refractivity contribution in [2.75, 3.05) is 13.2 Å². The van der Waals surface area contributed by atoms with Crippen LogP contribution in [-0.2, 0) is 28.6 Å². The Balaban J connectivity index is 4.50. The Kier molecular flexibility index (Phi) is 57.8. The molecule has 0 aliphatic rings. The lowest BCUT2D eigenvalue weighted by Crippen LogP contribution is -2.30. The second-order valence-electron chi connectivity index (χ2n) is 20.3. The van der Waals surface area contributed by atoms with Crippen LogP contribution in [0.1, 0.15) is 290 Å². The molecule has 0 heterocycles. The van der Waals surface area contributed by atoms with E-state index in [1.807, 2.05) is 0 Å². The van der Waals surface area contributed by atoms with E-state index >= 15 is 0 Å². The van der Waals surface area contributed by atoms with Gasteiger partial charge in [-0.15, -0.1) is 0 Å². The van der Waals surface area contributed by atoms with Crippen LogP contribution in [-0.4, -0.2) is 37.2 Å². The smallest absolute Gasteiger partial charge is 0.306 e. The van der Waals surface area contributed by atoms with Gasteiger partial charge in [0.25, 0.3) is 0 Å². The molecule has 0 spiro atoms. The second-order valence-corrected chi connectivity index (χ2v) is 20.3. The van der Waals surface area contributed by atoms with E-state index in [-0.39, 0.29) is 44.0 Å². The number of rotatable bonds is 55. The van der Waals surface area contributed by atoms with Gasteiger partial charge in [0, 0.05) is 19.3 Å². The molecule has 6 nitrogen and oxygen atoms in total. The van der Waals surface area contributed by atoms with Crippen LogP contribution in [0.2, 0.25) is 0 Å². The van der Waals surface area contributed by atoms with Gasteiger partial charge in [0.05, 0.1) is 0 Å². The van der Waals surface area contributed by atoms with E-state index in [0.29, 0.717) is 12.8 Å². The number of unbranched alkanes of at least 4 members (excludes halogenated alkanes) is 28. The Labute approximate surface area is 451 Å². The van der Waals surface area contributed by atoms with Crippen LogP contribution in [0.15, 0.2) is 97.2 Å². The molecule has 0 N–H and O–H groups in total. The van der Waals surface area contributed by atoms with Crippen molar-refractivity contribution in [2.24, 2.45) is 0 Å². The Bertz CT molecular complexity index is 1440. The fourth-order valence-corrected chi connectivity index (χ4v) is 8.42. The number of carbonyl (C=O) groups excluding carboxylic acids is 3. The van der Waals surface area contributed by atoms with E-state index in [1.54, 1.807) is 0 Å². The number of allylic oxidation sites excluding steroid dienone is 16. The average molecular weight is 1020 g/mol. The number of ether oxygens (including phenoxy) is 3. The number of esters is 3. The van der Waals surface area contributed by atoms with Crippen LogP contribution in [0.5, 0.6) is 0 Å². The first-order chi connectivity index (χ1) is 36.0. The molecular formula is C67H114O6. The summed E-state index contributed by atoms with van der Waals surface area (Å²) in [6.45, 7) is 6.54. The van der Waals surface area contributed by atoms with Gasteiger partial charge in [-0.05, 0) is 103 Å². The van der Waals surface area contributed by atoms with E-state index < -0.39 is 6.10 Å². The van der Waals surface area contributed by atoms with Crippen molar-refractivity contribution < 1.29 is 28.6 Å². The van der Waals surface area contributed by atoms with Crippen molar-refractivity contribution in [2.45, 2.75) is 297 Å². The highest BCUT2D eigenvalue weighted by molar-refractivity contribution is 5.71. The maximum absolute atomic E-state index is 12.9. The monoisotopic (exact) mass is 1010 g/mol. The van der Waals surface area contributed by atoms with Gasteiger partial charge in [0.2, 0.25) is 0 Å². The lowest BCUT2D eigenvalue weighted by Gasteiger charge is -2.18. The van der Waals surface area contributed by atoms with E-state index in [1.165, 1.54) is 154 Å². The topological polar surface area (TPSA) is 78.9 Å². The van der Waals surface area contributed by atoms with Crippen LogP contribution >= 0.6 is 0 Å². The third kappa shape index (κ3) is 59.1. The fourth-order valence-electron chi connectivity index (χ4n) is 8.42. The molecule has 0 aromatic heterocycles. The summed E-state index contributed by atoms with van der Waals surface area (Å²) in [6, 6.07) is 0. The average Bonchev–Trinajstić information content (AvgIpc) is 3.39. The molecule has 0 amide bonds. The van der Waals surface area contributed by atoms with Crippen molar-refractivity contribution in [1.82, 2.24) is 0 Å². The Morgan fingerprint density at radius 2 is 0.507 bits per heavy atom. The summed E-state index contributed by atoms with van der Waals surface area (Å²) in [5.41, 5.74) is 0. The molecule has 0 saturated carbocycles. The minimum atomic E-state index is -0.817. The van der Waals surface area contributed by atoms with Gasteiger partial charge >= 0.3 is 17.9 Å². The maximum Gasteiger partial charge on any atom is 0.306 e. The predicted molar refractivity (Wildman–Crippen MR) is 316 cm³/mol. The minimum absolute atomic E-state index is 0.106. The number of carbonyl (C=O) groups is 3. The Morgan fingerprint density at radius 1 is 0.274 bits per heavy atom. The van der Waals surface area contributed by atoms with Crippen molar-refractivity contribution in [3.8, 4) is 0 Å².